The monoisotopic (exact) mass is 828 g/mol. The molecule has 0 atom stereocenters. The lowest BCUT2D eigenvalue weighted by molar-refractivity contribution is 0.634. The van der Waals surface area contributed by atoms with Crippen LogP contribution >= 0.6 is 0 Å². The van der Waals surface area contributed by atoms with E-state index in [-0.39, 0.29) is 0 Å². The van der Waals surface area contributed by atoms with Crippen LogP contribution in [-0.2, 0) is 0 Å². The fourth-order valence-electron chi connectivity index (χ4n) is 10.2. The third-order valence-corrected chi connectivity index (χ3v) is 13.4. The SMILES string of the molecule is C=C(/C=C(\N=C(/C)c1cccc(-n2c3ccccc3c3cc(-c4ccc5oc6c(c5c4)-c4cccc5cccc-6c45)ccc32)c1)c1ccc2ccccc2c1)c1ccc2ccccc2c1. The fraction of sp³-hybridized carbons (Fsp3) is 0.0161. The topological polar surface area (TPSA) is 30.4 Å². The summed E-state index contributed by atoms with van der Waals surface area (Å²) in [4.78, 5) is 5.41. The molecule has 0 amide bonds. The molecule has 0 N–H and O–H groups in total. The van der Waals surface area contributed by atoms with Crippen LogP contribution in [0, 0.1) is 0 Å². The molecule has 0 spiro atoms. The number of furan rings is 1. The van der Waals surface area contributed by atoms with Gasteiger partial charge >= 0.3 is 0 Å². The first-order chi connectivity index (χ1) is 32.0. The standard InChI is InChI=1S/C62H40N2O/c1-38(43-26-24-40-12-3-5-14-45(40)33-43)32-56(49-27-25-41-13-4-6-15-46(41)34-49)63-39(2)44-18-9-19-50(35-44)64-57-23-8-7-20-51(57)54-36-47(28-30-58(54)64)48-29-31-59-55(37-48)61-52-21-10-16-42-17-11-22-53(60(42)52)62(61)65-59/h3-37H,1H2,2H3/b56-32-,63-39+. The summed E-state index contributed by atoms with van der Waals surface area (Å²) in [5, 5.41) is 10.8. The molecule has 304 valence electrons. The number of aromatic nitrogens is 1. The van der Waals surface area contributed by atoms with Crippen LogP contribution in [-0.4, -0.2) is 10.3 Å². The minimum atomic E-state index is 0.862. The molecule has 0 aliphatic heterocycles. The highest BCUT2D eigenvalue weighted by atomic mass is 16.3. The Balaban J connectivity index is 0.897. The van der Waals surface area contributed by atoms with Gasteiger partial charge in [0.15, 0.2) is 0 Å². The maximum atomic E-state index is 6.57. The summed E-state index contributed by atoms with van der Waals surface area (Å²) in [5.41, 5.74) is 16.1. The van der Waals surface area contributed by atoms with E-state index in [2.05, 4.69) is 230 Å². The summed E-state index contributed by atoms with van der Waals surface area (Å²) in [6, 6.07) is 74.1. The zero-order chi connectivity index (χ0) is 43.2. The number of rotatable bonds is 7. The zero-order valence-electron chi connectivity index (χ0n) is 35.7. The molecule has 1 aliphatic carbocycles. The van der Waals surface area contributed by atoms with Gasteiger partial charge in [0, 0.05) is 49.6 Å². The van der Waals surface area contributed by atoms with Gasteiger partial charge in [-0.25, -0.2) is 0 Å². The summed E-state index contributed by atoms with van der Waals surface area (Å²) in [6.45, 7) is 6.66. The third-order valence-electron chi connectivity index (χ3n) is 13.4. The van der Waals surface area contributed by atoms with Crippen molar-refractivity contribution in [3.05, 3.63) is 236 Å². The van der Waals surface area contributed by atoms with Crippen molar-refractivity contribution in [1.29, 1.82) is 0 Å². The number of para-hydroxylation sites is 1. The van der Waals surface area contributed by atoms with Crippen molar-refractivity contribution in [3.8, 4) is 39.3 Å². The van der Waals surface area contributed by atoms with Crippen LogP contribution in [0.25, 0.3) is 116 Å². The molecule has 3 nitrogen and oxygen atoms in total. The van der Waals surface area contributed by atoms with Crippen molar-refractivity contribution in [1.82, 2.24) is 4.57 Å². The van der Waals surface area contributed by atoms with Gasteiger partial charge in [-0.15, -0.1) is 0 Å². The molecule has 1 aliphatic rings. The molecular weight excluding hydrogens is 789 g/mol. The second-order valence-corrected chi connectivity index (χ2v) is 17.2. The van der Waals surface area contributed by atoms with Gasteiger partial charge in [0.1, 0.15) is 11.3 Å². The van der Waals surface area contributed by atoms with Crippen LogP contribution in [0.5, 0.6) is 0 Å². The highest BCUT2D eigenvalue weighted by Gasteiger charge is 2.28. The fourth-order valence-corrected chi connectivity index (χ4v) is 10.2. The molecule has 10 aromatic carbocycles. The molecule has 0 saturated carbocycles. The average Bonchev–Trinajstić information content (AvgIpc) is 4.01. The van der Waals surface area contributed by atoms with E-state index in [0.717, 1.165) is 72.7 Å². The third kappa shape index (κ3) is 6.01. The highest BCUT2D eigenvalue weighted by Crippen LogP contribution is 2.52. The molecule has 0 radical (unpaired) electrons. The normalized spacial score (nSPS) is 12.6. The van der Waals surface area contributed by atoms with E-state index in [9.17, 15) is 0 Å². The van der Waals surface area contributed by atoms with Crippen LogP contribution in [0.3, 0.4) is 0 Å². The summed E-state index contributed by atoms with van der Waals surface area (Å²) in [7, 11) is 0. The minimum Gasteiger partial charge on any atom is -0.455 e. The Labute approximate surface area is 376 Å². The lowest BCUT2D eigenvalue weighted by atomic mass is 9.98. The van der Waals surface area contributed by atoms with Gasteiger partial charge in [-0.2, -0.15) is 0 Å². The Bertz CT molecular complexity index is 4040. The molecule has 0 saturated heterocycles. The van der Waals surface area contributed by atoms with Crippen LogP contribution in [0.4, 0.5) is 0 Å². The first kappa shape index (κ1) is 37.1. The minimum absolute atomic E-state index is 0.862. The highest BCUT2D eigenvalue weighted by molar-refractivity contribution is 6.20. The zero-order valence-corrected chi connectivity index (χ0v) is 35.7. The predicted octanol–water partition coefficient (Wildman–Crippen LogP) is 16.9. The van der Waals surface area contributed by atoms with E-state index in [1.807, 2.05) is 0 Å². The smallest absolute Gasteiger partial charge is 0.143 e. The van der Waals surface area contributed by atoms with Crippen LogP contribution in [0.2, 0.25) is 0 Å². The molecule has 2 aromatic heterocycles. The number of hydrogen-bond donors (Lipinski definition) is 0. The number of hydrogen-bond acceptors (Lipinski definition) is 2. The van der Waals surface area contributed by atoms with Gasteiger partial charge in [-0.3, -0.25) is 4.99 Å². The number of aliphatic imine (C=N–C) groups is 1. The first-order valence-corrected chi connectivity index (χ1v) is 22.2. The maximum Gasteiger partial charge on any atom is 0.143 e. The second-order valence-electron chi connectivity index (χ2n) is 17.2. The molecule has 3 heteroatoms. The summed E-state index contributed by atoms with van der Waals surface area (Å²) in [5.74, 6) is 0.970. The van der Waals surface area contributed by atoms with Gasteiger partial charge in [0.05, 0.1) is 16.7 Å². The van der Waals surface area contributed by atoms with E-state index in [4.69, 9.17) is 9.41 Å². The molecule has 12 aromatic rings. The first-order valence-electron chi connectivity index (χ1n) is 22.2. The largest absolute Gasteiger partial charge is 0.455 e. The van der Waals surface area contributed by atoms with E-state index in [1.165, 1.54) is 65.3 Å². The van der Waals surface area contributed by atoms with Gasteiger partial charge in [0.25, 0.3) is 0 Å². The molecule has 65 heavy (non-hydrogen) atoms. The number of allylic oxidation sites excluding steroid dienone is 2. The predicted molar refractivity (Wildman–Crippen MR) is 275 cm³/mol. The van der Waals surface area contributed by atoms with Crippen LogP contribution in [0.15, 0.2) is 228 Å². The number of nitrogens with zero attached hydrogens (tertiary/aromatic N) is 2. The lowest BCUT2D eigenvalue weighted by Gasteiger charge is -2.12. The Morgan fingerprint density at radius 3 is 1.92 bits per heavy atom. The summed E-state index contributed by atoms with van der Waals surface area (Å²) < 4.78 is 8.95. The molecule has 13 rings (SSSR count). The Morgan fingerprint density at radius 1 is 0.492 bits per heavy atom. The molecular formula is C62H40N2O. The van der Waals surface area contributed by atoms with Gasteiger partial charge < -0.3 is 8.98 Å². The van der Waals surface area contributed by atoms with E-state index >= 15 is 0 Å². The summed E-state index contributed by atoms with van der Waals surface area (Å²) >= 11 is 0. The number of benzene rings is 10. The van der Waals surface area contributed by atoms with Crippen molar-refractivity contribution >= 4 is 82.1 Å². The maximum absolute atomic E-state index is 6.57. The lowest BCUT2D eigenvalue weighted by Crippen LogP contribution is -2.00. The van der Waals surface area contributed by atoms with Gasteiger partial charge in [0.2, 0.25) is 0 Å². The van der Waals surface area contributed by atoms with E-state index in [0.29, 0.717) is 0 Å². The average molecular weight is 829 g/mol. The van der Waals surface area contributed by atoms with E-state index < -0.39 is 0 Å². The molecule has 2 heterocycles. The van der Waals surface area contributed by atoms with Crippen molar-refractivity contribution in [2.24, 2.45) is 4.99 Å². The van der Waals surface area contributed by atoms with Crippen LogP contribution < -0.4 is 0 Å². The Kier molecular flexibility index (Phi) is 8.28. The van der Waals surface area contributed by atoms with Gasteiger partial charge in [-0.1, -0.05) is 158 Å². The van der Waals surface area contributed by atoms with Crippen molar-refractivity contribution < 1.29 is 4.42 Å². The second kappa shape index (κ2) is 14.5. The van der Waals surface area contributed by atoms with Crippen molar-refractivity contribution in [2.75, 3.05) is 0 Å². The number of fused-ring (bicyclic) bond motifs is 10. The van der Waals surface area contributed by atoms with Crippen molar-refractivity contribution in [2.45, 2.75) is 6.92 Å². The van der Waals surface area contributed by atoms with Gasteiger partial charge in [-0.05, 0) is 128 Å². The van der Waals surface area contributed by atoms with Crippen molar-refractivity contribution in [3.63, 3.8) is 0 Å². The van der Waals surface area contributed by atoms with E-state index in [1.54, 1.807) is 0 Å². The molecule has 0 fully saturated rings. The molecule has 0 bridgehead atoms. The molecule has 0 unspecified atom stereocenters. The Hall–Kier alpha value is -8.53. The van der Waals surface area contributed by atoms with Crippen LogP contribution in [0.1, 0.15) is 23.6 Å². The Morgan fingerprint density at radius 2 is 1.12 bits per heavy atom. The quantitative estimate of drug-likeness (QED) is 0.116. The summed E-state index contributed by atoms with van der Waals surface area (Å²) in [6.07, 6.45) is 2.13.